The molecule has 3 N–H and O–H groups in total. The van der Waals surface area contributed by atoms with Crippen molar-refractivity contribution < 1.29 is 0 Å². The third-order valence-corrected chi connectivity index (χ3v) is 4.57. The number of nitrogens with one attached hydrogen (secondary N) is 1. The summed E-state index contributed by atoms with van der Waals surface area (Å²) in [5.41, 5.74) is 12.3. The fourth-order valence-electron chi connectivity index (χ4n) is 3.40. The van der Waals surface area contributed by atoms with Crippen molar-refractivity contribution in [2.45, 2.75) is 52.5 Å². The molecular formula is C19H27N5. The largest absolute Gasteiger partial charge is 0.370 e. The van der Waals surface area contributed by atoms with Crippen molar-refractivity contribution in [2.24, 2.45) is 10.7 Å². The van der Waals surface area contributed by atoms with E-state index in [4.69, 9.17) is 5.73 Å². The Morgan fingerprint density at radius 3 is 2.92 bits per heavy atom. The zero-order valence-electron chi connectivity index (χ0n) is 14.7. The summed E-state index contributed by atoms with van der Waals surface area (Å²) in [4.78, 5) is 4.46. The molecule has 0 saturated heterocycles. The van der Waals surface area contributed by atoms with Crippen molar-refractivity contribution in [1.29, 1.82) is 0 Å². The summed E-state index contributed by atoms with van der Waals surface area (Å²) in [6.07, 6.45) is 5.77. The van der Waals surface area contributed by atoms with Gasteiger partial charge in [0.1, 0.15) is 0 Å². The Hall–Kier alpha value is -2.30. The third kappa shape index (κ3) is 3.96. The molecular weight excluding hydrogens is 298 g/mol. The molecule has 128 valence electrons. The number of hydrogen-bond donors (Lipinski definition) is 2. The molecule has 0 saturated carbocycles. The Kier molecular flexibility index (Phi) is 5.18. The number of aryl methyl sites for hydroxylation is 4. The Morgan fingerprint density at radius 2 is 2.12 bits per heavy atom. The lowest BCUT2D eigenvalue weighted by molar-refractivity contribution is 0.568. The van der Waals surface area contributed by atoms with Gasteiger partial charge in [-0.15, -0.1) is 0 Å². The van der Waals surface area contributed by atoms with Crippen LogP contribution < -0.4 is 11.1 Å². The second-order valence-corrected chi connectivity index (χ2v) is 6.55. The van der Waals surface area contributed by atoms with E-state index in [9.17, 15) is 0 Å². The van der Waals surface area contributed by atoms with Gasteiger partial charge >= 0.3 is 0 Å². The summed E-state index contributed by atoms with van der Waals surface area (Å²) in [5, 5.41) is 7.75. The normalized spacial score (nSPS) is 14.5. The van der Waals surface area contributed by atoms with Crippen LogP contribution in [0.2, 0.25) is 0 Å². The number of guanidine groups is 1. The van der Waals surface area contributed by atoms with E-state index < -0.39 is 0 Å². The first-order chi connectivity index (χ1) is 11.6. The summed E-state index contributed by atoms with van der Waals surface area (Å²) in [5.74, 6) is 0.502. The summed E-state index contributed by atoms with van der Waals surface area (Å²) in [6.45, 7) is 5.67. The minimum absolute atomic E-state index is 0.502. The molecule has 0 unspecified atom stereocenters. The molecule has 3 rings (SSSR count). The molecule has 1 heterocycles. The summed E-state index contributed by atoms with van der Waals surface area (Å²) < 4.78 is 2.03. The van der Waals surface area contributed by atoms with Crippen LogP contribution in [0.5, 0.6) is 0 Å². The fourth-order valence-corrected chi connectivity index (χ4v) is 3.40. The fraction of sp³-hybridized carbons (Fsp3) is 0.474. The zero-order valence-corrected chi connectivity index (χ0v) is 14.7. The smallest absolute Gasteiger partial charge is 0.193 e. The van der Waals surface area contributed by atoms with E-state index >= 15 is 0 Å². The van der Waals surface area contributed by atoms with Crippen molar-refractivity contribution >= 4 is 11.6 Å². The van der Waals surface area contributed by atoms with Crippen LogP contribution in [0.25, 0.3) is 0 Å². The maximum Gasteiger partial charge on any atom is 0.193 e. The van der Waals surface area contributed by atoms with Crippen LogP contribution in [0.3, 0.4) is 0 Å². The Morgan fingerprint density at radius 1 is 1.29 bits per heavy atom. The summed E-state index contributed by atoms with van der Waals surface area (Å²) >= 11 is 0. The van der Waals surface area contributed by atoms with Gasteiger partial charge in [0.15, 0.2) is 5.96 Å². The number of rotatable bonds is 5. The van der Waals surface area contributed by atoms with Crippen molar-refractivity contribution in [3.05, 3.63) is 46.8 Å². The van der Waals surface area contributed by atoms with Crippen LogP contribution in [-0.2, 0) is 19.4 Å². The number of benzene rings is 1. The molecule has 0 fully saturated rings. The van der Waals surface area contributed by atoms with Crippen LogP contribution in [0.4, 0.5) is 5.69 Å². The summed E-state index contributed by atoms with van der Waals surface area (Å²) in [7, 11) is 0. The summed E-state index contributed by atoms with van der Waals surface area (Å²) in [6, 6.07) is 8.52. The lowest BCUT2D eigenvalue weighted by atomic mass is 9.90. The van der Waals surface area contributed by atoms with E-state index in [2.05, 4.69) is 46.6 Å². The first-order valence-electron chi connectivity index (χ1n) is 8.82. The number of fused-ring (bicyclic) bond motifs is 1. The van der Waals surface area contributed by atoms with E-state index in [0.717, 1.165) is 30.8 Å². The molecule has 5 nitrogen and oxygen atoms in total. The highest BCUT2D eigenvalue weighted by molar-refractivity contribution is 5.93. The molecule has 1 aliphatic rings. The van der Waals surface area contributed by atoms with E-state index in [0.29, 0.717) is 12.5 Å². The SMILES string of the molecule is Cc1cc(C)n(CCCN=C(N)Nc2cccc3c2CCCC3)n1. The van der Waals surface area contributed by atoms with Crippen LogP contribution in [0.15, 0.2) is 29.3 Å². The topological polar surface area (TPSA) is 68.2 Å². The predicted octanol–water partition coefficient (Wildman–Crippen LogP) is 3.20. The third-order valence-electron chi connectivity index (χ3n) is 4.57. The number of aromatic nitrogens is 2. The van der Waals surface area contributed by atoms with Gasteiger partial charge in [0, 0.05) is 24.5 Å². The van der Waals surface area contributed by atoms with Crippen molar-refractivity contribution in [3.63, 3.8) is 0 Å². The van der Waals surface area contributed by atoms with Gasteiger partial charge in [-0.3, -0.25) is 9.67 Å². The number of nitrogens with zero attached hydrogens (tertiary/aromatic N) is 3. The molecule has 2 aromatic rings. The van der Waals surface area contributed by atoms with Gasteiger partial charge < -0.3 is 11.1 Å². The standard InChI is InChI=1S/C19H27N5/c1-14-13-15(2)24(23-14)12-6-11-21-19(20)22-18-10-5-8-16-7-3-4-9-17(16)18/h5,8,10,13H,3-4,6-7,9,11-12H2,1-2H3,(H3,20,21,22). The van der Waals surface area contributed by atoms with Gasteiger partial charge in [-0.25, -0.2) is 0 Å². The van der Waals surface area contributed by atoms with Gasteiger partial charge in [-0.2, -0.15) is 5.10 Å². The predicted molar refractivity (Wildman–Crippen MR) is 99.5 cm³/mol. The number of nitrogens with two attached hydrogens (primary N) is 1. The quantitative estimate of drug-likeness (QED) is 0.504. The van der Waals surface area contributed by atoms with Gasteiger partial charge in [-0.1, -0.05) is 12.1 Å². The molecule has 0 atom stereocenters. The average Bonchev–Trinajstić information content (AvgIpc) is 2.89. The number of hydrogen-bond acceptors (Lipinski definition) is 2. The van der Waals surface area contributed by atoms with Gasteiger partial charge in [0.2, 0.25) is 0 Å². The van der Waals surface area contributed by atoms with E-state index in [1.54, 1.807) is 0 Å². The highest BCUT2D eigenvalue weighted by Gasteiger charge is 2.13. The molecule has 0 spiro atoms. The van der Waals surface area contributed by atoms with E-state index in [-0.39, 0.29) is 0 Å². The Labute approximate surface area is 144 Å². The maximum absolute atomic E-state index is 6.07. The number of aliphatic imine (C=N–C) groups is 1. The molecule has 0 aliphatic heterocycles. The second-order valence-electron chi connectivity index (χ2n) is 6.55. The highest BCUT2D eigenvalue weighted by Crippen LogP contribution is 2.27. The van der Waals surface area contributed by atoms with Crippen LogP contribution >= 0.6 is 0 Å². The minimum Gasteiger partial charge on any atom is -0.370 e. The van der Waals surface area contributed by atoms with Crippen molar-refractivity contribution in [2.75, 3.05) is 11.9 Å². The van der Waals surface area contributed by atoms with Crippen LogP contribution in [-0.4, -0.2) is 22.3 Å². The Bertz CT molecular complexity index is 729. The molecule has 0 bridgehead atoms. The van der Waals surface area contributed by atoms with Gasteiger partial charge in [-0.05, 0) is 69.2 Å². The molecule has 24 heavy (non-hydrogen) atoms. The second kappa shape index (κ2) is 7.51. The molecule has 0 amide bonds. The average molecular weight is 325 g/mol. The zero-order chi connectivity index (χ0) is 16.9. The van der Waals surface area contributed by atoms with Crippen molar-refractivity contribution in [1.82, 2.24) is 9.78 Å². The Balaban J connectivity index is 1.54. The van der Waals surface area contributed by atoms with Gasteiger partial charge in [0.25, 0.3) is 0 Å². The first-order valence-corrected chi connectivity index (χ1v) is 8.82. The lowest BCUT2D eigenvalue weighted by Gasteiger charge is -2.19. The molecule has 0 radical (unpaired) electrons. The van der Waals surface area contributed by atoms with Crippen LogP contribution in [0.1, 0.15) is 41.8 Å². The monoisotopic (exact) mass is 325 g/mol. The minimum atomic E-state index is 0.502. The molecule has 1 aromatic carbocycles. The lowest BCUT2D eigenvalue weighted by Crippen LogP contribution is -2.24. The molecule has 5 heteroatoms. The van der Waals surface area contributed by atoms with Crippen LogP contribution in [0, 0.1) is 13.8 Å². The van der Waals surface area contributed by atoms with E-state index in [1.165, 1.54) is 36.1 Å². The molecule has 1 aliphatic carbocycles. The van der Waals surface area contributed by atoms with Crippen molar-refractivity contribution in [3.8, 4) is 0 Å². The number of anilines is 1. The first kappa shape index (κ1) is 16.6. The highest BCUT2D eigenvalue weighted by atomic mass is 15.3. The van der Waals surface area contributed by atoms with Gasteiger partial charge in [0.05, 0.1) is 5.69 Å². The maximum atomic E-state index is 6.07. The van der Waals surface area contributed by atoms with E-state index in [1.807, 2.05) is 11.6 Å². The molecule has 1 aromatic heterocycles.